The highest BCUT2D eigenvalue weighted by molar-refractivity contribution is 7.08. The molecule has 0 bridgehead atoms. The lowest BCUT2D eigenvalue weighted by Gasteiger charge is -1.93. The molecule has 0 spiro atoms. The van der Waals surface area contributed by atoms with Gasteiger partial charge in [0, 0.05) is 23.1 Å². The van der Waals surface area contributed by atoms with E-state index in [4.69, 9.17) is 0 Å². The second-order valence-electron chi connectivity index (χ2n) is 2.98. The van der Waals surface area contributed by atoms with Gasteiger partial charge in [0.15, 0.2) is 12.4 Å². The van der Waals surface area contributed by atoms with Crippen LogP contribution in [0.15, 0.2) is 47.4 Å². The van der Waals surface area contributed by atoms with E-state index in [1.807, 2.05) is 52.0 Å². The van der Waals surface area contributed by atoms with Crippen LogP contribution in [-0.2, 0) is 6.54 Å². The molecular formula is C11H10BrNOS. The maximum atomic E-state index is 11.7. The number of carbonyl (C=O) groups excluding carboxylic acids is 1. The minimum atomic E-state index is 0. The van der Waals surface area contributed by atoms with Crippen LogP contribution >= 0.6 is 11.3 Å². The number of Topliss-reactive ketones (excluding diaryl/α,β-unsaturated/α-hetero) is 1. The highest BCUT2D eigenvalue weighted by Crippen LogP contribution is 2.06. The topological polar surface area (TPSA) is 20.9 Å². The van der Waals surface area contributed by atoms with Gasteiger partial charge in [0.25, 0.3) is 0 Å². The largest absolute Gasteiger partial charge is 1.00 e. The molecule has 15 heavy (non-hydrogen) atoms. The van der Waals surface area contributed by atoms with E-state index >= 15 is 0 Å². The molecule has 0 aliphatic heterocycles. The minimum Gasteiger partial charge on any atom is -1.00 e. The number of carbonyl (C=O) groups is 1. The van der Waals surface area contributed by atoms with E-state index in [0.717, 1.165) is 5.56 Å². The van der Waals surface area contributed by atoms with Gasteiger partial charge in [0.05, 0.1) is 0 Å². The molecule has 0 aromatic carbocycles. The van der Waals surface area contributed by atoms with Crippen LogP contribution in [0.5, 0.6) is 0 Å². The van der Waals surface area contributed by atoms with Gasteiger partial charge in [-0.3, -0.25) is 4.79 Å². The van der Waals surface area contributed by atoms with Crippen LogP contribution in [0.25, 0.3) is 0 Å². The summed E-state index contributed by atoms with van der Waals surface area (Å²) < 4.78 is 1.88. The third-order valence-corrected chi connectivity index (χ3v) is 2.63. The predicted molar refractivity (Wildman–Crippen MR) is 55.3 cm³/mol. The smallest absolute Gasteiger partial charge is 0.228 e. The first-order valence-electron chi connectivity index (χ1n) is 4.36. The molecule has 78 valence electrons. The molecule has 0 saturated carbocycles. The molecule has 0 amide bonds. The van der Waals surface area contributed by atoms with Gasteiger partial charge in [-0.25, -0.2) is 0 Å². The molecule has 2 nitrogen and oxygen atoms in total. The number of ketones is 1. The van der Waals surface area contributed by atoms with E-state index < -0.39 is 0 Å². The Balaban J connectivity index is 0.00000112. The van der Waals surface area contributed by atoms with Crippen molar-refractivity contribution in [3.63, 3.8) is 0 Å². The van der Waals surface area contributed by atoms with E-state index in [-0.39, 0.29) is 22.8 Å². The Labute approximate surface area is 103 Å². The van der Waals surface area contributed by atoms with Crippen LogP contribution in [0.3, 0.4) is 0 Å². The van der Waals surface area contributed by atoms with Gasteiger partial charge in [-0.1, -0.05) is 6.07 Å². The quantitative estimate of drug-likeness (QED) is 0.519. The van der Waals surface area contributed by atoms with Gasteiger partial charge in [0.1, 0.15) is 0 Å². The number of pyridine rings is 1. The Morgan fingerprint density at radius 1 is 1.27 bits per heavy atom. The maximum absolute atomic E-state index is 11.7. The molecule has 2 aromatic heterocycles. The first kappa shape index (κ1) is 12.1. The fourth-order valence-electron chi connectivity index (χ4n) is 1.22. The number of hydrogen-bond donors (Lipinski definition) is 0. The molecule has 0 aliphatic carbocycles. The molecule has 0 unspecified atom stereocenters. The normalized spacial score (nSPS) is 9.33. The van der Waals surface area contributed by atoms with Crippen LogP contribution in [0.4, 0.5) is 0 Å². The van der Waals surface area contributed by atoms with Crippen molar-refractivity contribution in [1.29, 1.82) is 0 Å². The predicted octanol–water partition coefficient (Wildman–Crippen LogP) is -1.08. The zero-order chi connectivity index (χ0) is 9.80. The molecular weight excluding hydrogens is 274 g/mol. The third kappa shape index (κ3) is 3.25. The molecule has 2 aromatic rings. The summed E-state index contributed by atoms with van der Waals surface area (Å²) in [7, 11) is 0. The summed E-state index contributed by atoms with van der Waals surface area (Å²) in [5.74, 6) is 0.155. The van der Waals surface area contributed by atoms with Gasteiger partial charge in [-0.05, 0) is 11.4 Å². The minimum absolute atomic E-state index is 0. The Morgan fingerprint density at radius 3 is 2.60 bits per heavy atom. The zero-order valence-corrected chi connectivity index (χ0v) is 10.4. The molecule has 0 fully saturated rings. The third-order valence-electron chi connectivity index (χ3n) is 1.95. The molecule has 2 heterocycles. The molecule has 4 heteroatoms. The highest BCUT2D eigenvalue weighted by atomic mass is 79.9. The van der Waals surface area contributed by atoms with Crippen LogP contribution in [-0.4, -0.2) is 5.78 Å². The van der Waals surface area contributed by atoms with Crippen molar-refractivity contribution in [2.75, 3.05) is 0 Å². The standard InChI is InChI=1S/C11H10NOS.BrH/c13-11(10-4-7-14-9-10)8-12-5-2-1-3-6-12;/h1-7,9H,8H2;1H/q+1;/p-1. The Morgan fingerprint density at radius 2 is 2.00 bits per heavy atom. The lowest BCUT2D eigenvalue weighted by molar-refractivity contribution is -0.683. The maximum Gasteiger partial charge on any atom is 0.228 e. The summed E-state index contributed by atoms with van der Waals surface area (Å²) in [6.45, 7) is 0.414. The SMILES string of the molecule is O=C(C[n+]1ccccc1)c1ccsc1.[Br-]. The second-order valence-corrected chi connectivity index (χ2v) is 3.76. The van der Waals surface area contributed by atoms with Crippen LogP contribution in [0.1, 0.15) is 10.4 Å². The van der Waals surface area contributed by atoms with Crippen molar-refractivity contribution in [3.8, 4) is 0 Å². The number of aromatic nitrogens is 1. The van der Waals surface area contributed by atoms with E-state index in [1.54, 1.807) is 11.3 Å². The van der Waals surface area contributed by atoms with E-state index in [0.29, 0.717) is 6.54 Å². The van der Waals surface area contributed by atoms with E-state index in [2.05, 4.69) is 0 Å². The average molecular weight is 284 g/mol. The first-order chi connectivity index (χ1) is 6.86. The lowest BCUT2D eigenvalue weighted by Crippen LogP contribution is -3.00. The van der Waals surface area contributed by atoms with Crippen LogP contribution < -0.4 is 21.5 Å². The Kier molecular flexibility index (Phi) is 4.65. The van der Waals surface area contributed by atoms with Gasteiger partial charge in [0.2, 0.25) is 12.3 Å². The highest BCUT2D eigenvalue weighted by Gasteiger charge is 2.10. The molecule has 0 N–H and O–H groups in total. The van der Waals surface area contributed by atoms with Crippen molar-refractivity contribution in [1.82, 2.24) is 0 Å². The molecule has 0 aliphatic rings. The van der Waals surface area contributed by atoms with Gasteiger partial charge in [-0.15, -0.1) is 0 Å². The monoisotopic (exact) mass is 283 g/mol. The Hall–Kier alpha value is -1.00. The summed E-state index contributed by atoms with van der Waals surface area (Å²) in [6, 6.07) is 7.63. The molecule has 0 saturated heterocycles. The fraction of sp³-hybridized carbons (Fsp3) is 0.0909. The molecule has 0 atom stereocenters. The number of thiophene rings is 1. The van der Waals surface area contributed by atoms with E-state index in [9.17, 15) is 4.79 Å². The number of hydrogen-bond acceptors (Lipinski definition) is 2. The van der Waals surface area contributed by atoms with Crippen molar-refractivity contribution >= 4 is 17.1 Å². The Bertz CT molecular complexity index is 413. The van der Waals surface area contributed by atoms with Crippen molar-refractivity contribution < 1.29 is 26.3 Å². The summed E-state index contributed by atoms with van der Waals surface area (Å²) in [4.78, 5) is 11.7. The lowest BCUT2D eigenvalue weighted by atomic mass is 10.2. The van der Waals surface area contributed by atoms with Gasteiger partial charge in [-0.2, -0.15) is 15.9 Å². The van der Waals surface area contributed by atoms with Crippen LogP contribution in [0, 0.1) is 0 Å². The van der Waals surface area contributed by atoms with Gasteiger partial charge < -0.3 is 17.0 Å². The molecule has 0 radical (unpaired) electrons. The average Bonchev–Trinajstić information content (AvgIpc) is 2.72. The second kappa shape index (κ2) is 5.78. The number of rotatable bonds is 3. The van der Waals surface area contributed by atoms with Crippen molar-refractivity contribution in [2.45, 2.75) is 6.54 Å². The fourth-order valence-corrected chi connectivity index (χ4v) is 1.88. The van der Waals surface area contributed by atoms with E-state index in [1.165, 1.54) is 0 Å². The first-order valence-corrected chi connectivity index (χ1v) is 5.30. The number of nitrogens with zero attached hydrogens (tertiary/aromatic N) is 1. The zero-order valence-electron chi connectivity index (χ0n) is 7.97. The van der Waals surface area contributed by atoms with Crippen LogP contribution in [0.2, 0.25) is 0 Å². The summed E-state index contributed by atoms with van der Waals surface area (Å²) in [5.41, 5.74) is 0.798. The summed E-state index contributed by atoms with van der Waals surface area (Å²) in [5, 5.41) is 3.80. The van der Waals surface area contributed by atoms with Gasteiger partial charge >= 0.3 is 0 Å². The van der Waals surface area contributed by atoms with Crippen molar-refractivity contribution in [2.24, 2.45) is 0 Å². The summed E-state index contributed by atoms with van der Waals surface area (Å²) >= 11 is 1.55. The molecule has 2 rings (SSSR count). The number of halogens is 1. The van der Waals surface area contributed by atoms with Crippen molar-refractivity contribution in [3.05, 3.63) is 53.0 Å². The summed E-state index contributed by atoms with van der Waals surface area (Å²) in [6.07, 6.45) is 3.79.